The molecule has 0 saturated carbocycles. The number of nitrogens with one attached hydrogen (secondary N) is 1. The first kappa shape index (κ1) is 21.8. The smallest absolute Gasteiger partial charge is 0.173 e. The molecule has 156 valence electrons. The zero-order chi connectivity index (χ0) is 20.5. The molecule has 1 aliphatic heterocycles. The van der Waals surface area contributed by atoms with E-state index in [0.29, 0.717) is 11.7 Å². The highest BCUT2D eigenvalue weighted by Gasteiger charge is 2.14. The third-order valence-corrected chi connectivity index (χ3v) is 5.47. The van der Waals surface area contributed by atoms with E-state index in [1.165, 1.54) is 0 Å². The number of hydrogen-bond acceptors (Lipinski definition) is 4. The van der Waals surface area contributed by atoms with Crippen molar-refractivity contribution in [3.8, 4) is 5.75 Å². The summed E-state index contributed by atoms with van der Waals surface area (Å²) in [6.07, 6.45) is 1.03. The van der Waals surface area contributed by atoms with Gasteiger partial charge < -0.3 is 19.7 Å². The van der Waals surface area contributed by atoms with Crippen molar-refractivity contribution >= 4 is 34.6 Å². The van der Waals surface area contributed by atoms with Crippen LogP contribution in [0, 0.1) is 0 Å². The summed E-state index contributed by atoms with van der Waals surface area (Å²) in [6, 6.07) is 15.7. The summed E-state index contributed by atoms with van der Waals surface area (Å²) in [5.41, 5.74) is 2.05. The van der Waals surface area contributed by atoms with Crippen molar-refractivity contribution in [3.63, 3.8) is 0 Å². The Hall–Kier alpha value is -1.86. The number of anilines is 1. The lowest BCUT2D eigenvalue weighted by Crippen LogP contribution is -2.40. The molecule has 0 bridgehead atoms. The van der Waals surface area contributed by atoms with Crippen LogP contribution >= 0.6 is 23.8 Å². The molecule has 3 rings (SSSR count). The average Bonchev–Trinajstić information content (AvgIpc) is 2.74. The van der Waals surface area contributed by atoms with Crippen LogP contribution in [0.5, 0.6) is 5.75 Å². The number of morpholine rings is 1. The lowest BCUT2D eigenvalue weighted by Gasteiger charge is -2.29. The predicted octanol–water partition coefficient (Wildman–Crippen LogP) is 4.27. The number of hydrogen-bond donors (Lipinski definition) is 1. The quantitative estimate of drug-likeness (QED) is 0.626. The molecule has 1 aliphatic rings. The summed E-state index contributed by atoms with van der Waals surface area (Å²) in [4.78, 5) is 4.64. The van der Waals surface area contributed by atoms with Crippen LogP contribution in [0.2, 0.25) is 5.02 Å². The van der Waals surface area contributed by atoms with Crippen LogP contribution in [0.25, 0.3) is 0 Å². The Labute approximate surface area is 183 Å². The summed E-state index contributed by atoms with van der Waals surface area (Å²) in [6.45, 7) is 6.25. The van der Waals surface area contributed by atoms with Gasteiger partial charge in [-0.15, -0.1) is 0 Å². The Balaban J connectivity index is 1.63. The Bertz CT molecular complexity index is 799. The minimum Gasteiger partial charge on any atom is -0.497 e. The van der Waals surface area contributed by atoms with Crippen LogP contribution in [0.3, 0.4) is 0 Å². The lowest BCUT2D eigenvalue weighted by molar-refractivity contribution is 0.0368. The Morgan fingerprint density at radius 2 is 2.00 bits per heavy atom. The second-order valence-corrected chi connectivity index (χ2v) is 7.84. The van der Waals surface area contributed by atoms with Gasteiger partial charge >= 0.3 is 0 Å². The SMILES string of the molecule is COc1cccc(NC(=S)N(CCCN2CCOCC2)Cc2cccc(Cl)c2)c1. The number of methoxy groups -OCH3 is 1. The molecule has 0 radical (unpaired) electrons. The maximum absolute atomic E-state index is 6.18. The monoisotopic (exact) mass is 433 g/mol. The largest absolute Gasteiger partial charge is 0.497 e. The molecule has 0 aromatic heterocycles. The molecular formula is C22H28ClN3O2S. The van der Waals surface area contributed by atoms with Crippen LogP contribution < -0.4 is 10.1 Å². The molecule has 2 aromatic rings. The van der Waals surface area contributed by atoms with Gasteiger partial charge in [0.2, 0.25) is 0 Å². The fourth-order valence-corrected chi connectivity index (χ4v) is 3.81. The third kappa shape index (κ3) is 7.16. The second kappa shape index (κ2) is 11.4. The van der Waals surface area contributed by atoms with E-state index in [0.717, 1.165) is 67.8 Å². The van der Waals surface area contributed by atoms with Crippen LogP contribution in [-0.2, 0) is 11.3 Å². The van der Waals surface area contributed by atoms with E-state index < -0.39 is 0 Å². The summed E-state index contributed by atoms with van der Waals surface area (Å²) < 4.78 is 10.7. The molecule has 2 aromatic carbocycles. The van der Waals surface area contributed by atoms with E-state index in [2.05, 4.69) is 21.2 Å². The van der Waals surface area contributed by atoms with Crippen LogP contribution in [0.1, 0.15) is 12.0 Å². The highest BCUT2D eigenvalue weighted by Crippen LogP contribution is 2.18. The molecule has 1 N–H and O–H groups in total. The molecule has 5 nitrogen and oxygen atoms in total. The van der Waals surface area contributed by atoms with Crippen LogP contribution in [0.15, 0.2) is 48.5 Å². The number of halogens is 1. The minimum absolute atomic E-state index is 0.695. The van der Waals surface area contributed by atoms with Gasteiger partial charge in [0.1, 0.15) is 5.75 Å². The van der Waals surface area contributed by atoms with E-state index in [-0.39, 0.29) is 0 Å². The zero-order valence-electron chi connectivity index (χ0n) is 16.8. The molecule has 0 amide bonds. The summed E-state index contributed by atoms with van der Waals surface area (Å²) in [7, 11) is 1.66. The normalized spacial score (nSPS) is 14.4. The van der Waals surface area contributed by atoms with Crippen molar-refractivity contribution in [1.82, 2.24) is 9.80 Å². The first-order chi connectivity index (χ1) is 14.1. The molecule has 0 spiro atoms. The van der Waals surface area contributed by atoms with Gasteiger partial charge in [-0.25, -0.2) is 0 Å². The Morgan fingerprint density at radius 1 is 1.21 bits per heavy atom. The maximum atomic E-state index is 6.18. The number of thiocarbonyl (C=S) groups is 1. The van der Waals surface area contributed by atoms with Gasteiger partial charge in [0.15, 0.2) is 5.11 Å². The van der Waals surface area contributed by atoms with Gasteiger partial charge in [0.25, 0.3) is 0 Å². The molecular weight excluding hydrogens is 406 g/mol. The predicted molar refractivity (Wildman–Crippen MR) is 123 cm³/mol. The number of benzene rings is 2. The standard InChI is InChI=1S/C22H28ClN3O2S/c1-27-21-8-3-7-20(16-21)24-22(29)26(17-18-5-2-6-19(23)15-18)10-4-9-25-11-13-28-14-12-25/h2-3,5-8,15-16H,4,9-14,17H2,1H3,(H,24,29). The maximum Gasteiger partial charge on any atom is 0.173 e. The van der Waals surface area contributed by atoms with Crippen LogP contribution in [-0.4, -0.2) is 61.4 Å². The summed E-state index contributed by atoms with van der Waals surface area (Å²) in [5, 5.41) is 4.78. The molecule has 1 saturated heterocycles. The van der Waals surface area contributed by atoms with E-state index in [1.54, 1.807) is 7.11 Å². The van der Waals surface area contributed by atoms with Gasteiger partial charge in [-0.1, -0.05) is 29.8 Å². The molecule has 29 heavy (non-hydrogen) atoms. The van der Waals surface area contributed by atoms with Crippen molar-refractivity contribution in [3.05, 3.63) is 59.1 Å². The second-order valence-electron chi connectivity index (χ2n) is 7.02. The Kier molecular flexibility index (Phi) is 8.55. The van der Waals surface area contributed by atoms with E-state index >= 15 is 0 Å². The molecule has 0 unspecified atom stereocenters. The van der Waals surface area contributed by atoms with Gasteiger partial charge in [0, 0.05) is 49.5 Å². The van der Waals surface area contributed by atoms with Gasteiger partial charge in [-0.3, -0.25) is 4.90 Å². The molecule has 1 fully saturated rings. The molecule has 0 aliphatic carbocycles. The van der Waals surface area contributed by atoms with Gasteiger partial charge in [-0.05, 0) is 48.5 Å². The van der Waals surface area contributed by atoms with Crippen molar-refractivity contribution < 1.29 is 9.47 Å². The van der Waals surface area contributed by atoms with E-state index in [1.807, 2.05) is 42.5 Å². The number of ether oxygens (including phenoxy) is 2. The topological polar surface area (TPSA) is 37.0 Å². The van der Waals surface area contributed by atoms with Crippen molar-refractivity contribution in [2.45, 2.75) is 13.0 Å². The number of nitrogens with zero attached hydrogens (tertiary/aromatic N) is 2. The third-order valence-electron chi connectivity index (χ3n) is 4.88. The molecule has 7 heteroatoms. The average molecular weight is 434 g/mol. The first-order valence-corrected chi connectivity index (χ1v) is 10.7. The van der Waals surface area contributed by atoms with Gasteiger partial charge in [0.05, 0.1) is 20.3 Å². The Morgan fingerprint density at radius 3 is 2.76 bits per heavy atom. The molecule has 0 atom stereocenters. The number of rotatable bonds is 8. The summed E-state index contributed by atoms with van der Waals surface area (Å²) in [5.74, 6) is 0.798. The fourth-order valence-electron chi connectivity index (χ4n) is 3.32. The van der Waals surface area contributed by atoms with Crippen molar-refractivity contribution in [1.29, 1.82) is 0 Å². The zero-order valence-corrected chi connectivity index (χ0v) is 18.3. The highest BCUT2D eigenvalue weighted by atomic mass is 35.5. The van der Waals surface area contributed by atoms with Crippen molar-refractivity contribution in [2.75, 3.05) is 51.8 Å². The highest BCUT2D eigenvalue weighted by molar-refractivity contribution is 7.80. The van der Waals surface area contributed by atoms with Gasteiger partial charge in [-0.2, -0.15) is 0 Å². The minimum atomic E-state index is 0.695. The van der Waals surface area contributed by atoms with E-state index in [9.17, 15) is 0 Å². The van der Waals surface area contributed by atoms with E-state index in [4.69, 9.17) is 33.3 Å². The first-order valence-electron chi connectivity index (χ1n) is 9.88. The van der Waals surface area contributed by atoms with Crippen LogP contribution in [0.4, 0.5) is 5.69 Å². The summed E-state index contributed by atoms with van der Waals surface area (Å²) >= 11 is 11.9. The molecule has 1 heterocycles. The lowest BCUT2D eigenvalue weighted by atomic mass is 10.2. The fraction of sp³-hybridized carbons (Fsp3) is 0.409. The van der Waals surface area contributed by atoms with Crippen molar-refractivity contribution in [2.24, 2.45) is 0 Å².